The molecule has 142 valence electrons. The average Bonchev–Trinajstić information content (AvgIpc) is 3.07. The zero-order valence-corrected chi connectivity index (χ0v) is 17.0. The molecule has 1 N–H and O–H groups in total. The fourth-order valence-corrected chi connectivity index (χ4v) is 3.90. The number of para-hydroxylation sites is 1. The van der Waals surface area contributed by atoms with Gasteiger partial charge in [-0.2, -0.15) is 4.52 Å². The summed E-state index contributed by atoms with van der Waals surface area (Å²) in [5.74, 6) is 0.603. The standard InChI is InChI=1S/C21H21N5OS/c1-12-8-7-11-17(13(12)2)23-20(27)14(3)28-21-24-18-10-6-5-9-16(18)19-22-15(4)25-26(19)21/h5-11,14H,1-4H3,(H,23,27). The zero-order valence-electron chi connectivity index (χ0n) is 16.2. The summed E-state index contributed by atoms with van der Waals surface area (Å²) < 4.78 is 1.73. The summed E-state index contributed by atoms with van der Waals surface area (Å²) in [6, 6.07) is 13.7. The maximum absolute atomic E-state index is 12.8. The summed E-state index contributed by atoms with van der Waals surface area (Å²) in [5, 5.41) is 8.75. The second-order valence-corrected chi connectivity index (χ2v) is 8.11. The van der Waals surface area contributed by atoms with Crippen molar-refractivity contribution in [3.8, 4) is 0 Å². The van der Waals surface area contributed by atoms with Crippen molar-refractivity contribution in [1.82, 2.24) is 19.6 Å². The van der Waals surface area contributed by atoms with E-state index in [1.807, 2.05) is 70.2 Å². The van der Waals surface area contributed by atoms with E-state index in [4.69, 9.17) is 4.98 Å². The number of nitrogens with one attached hydrogen (secondary N) is 1. The van der Waals surface area contributed by atoms with Crippen molar-refractivity contribution in [2.24, 2.45) is 0 Å². The molecular weight excluding hydrogens is 370 g/mol. The molecule has 0 aliphatic rings. The van der Waals surface area contributed by atoms with Gasteiger partial charge in [0.05, 0.1) is 10.8 Å². The molecule has 0 bridgehead atoms. The van der Waals surface area contributed by atoms with E-state index in [1.54, 1.807) is 4.52 Å². The second kappa shape index (κ2) is 7.24. The largest absolute Gasteiger partial charge is 0.325 e. The molecule has 2 aromatic carbocycles. The first kappa shape index (κ1) is 18.4. The Hall–Kier alpha value is -2.93. The Bertz CT molecular complexity index is 1200. The van der Waals surface area contributed by atoms with Crippen LogP contribution in [0.3, 0.4) is 0 Å². The van der Waals surface area contributed by atoms with E-state index in [9.17, 15) is 4.79 Å². The first-order valence-corrected chi connectivity index (χ1v) is 9.98. The summed E-state index contributed by atoms with van der Waals surface area (Å²) in [4.78, 5) is 22.0. The first-order chi connectivity index (χ1) is 13.4. The van der Waals surface area contributed by atoms with E-state index in [0.29, 0.717) is 11.0 Å². The van der Waals surface area contributed by atoms with Crippen LogP contribution in [0.2, 0.25) is 0 Å². The molecule has 4 rings (SSSR count). The third-order valence-corrected chi connectivity index (χ3v) is 5.81. The Morgan fingerprint density at radius 3 is 2.68 bits per heavy atom. The molecule has 4 aromatic rings. The van der Waals surface area contributed by atoms with Crippen LogP contribution in [0.25, 0.3) is 16.6 Å². The molecular formula is C21H21N5OS. The van der Waals surface area contributed by atoms with Gasteiger partial charge < -0.3 is 5.32 Å². The zero-order chi connectivity index (χ0) is 19.8. The molecule has 1 unspecified atom stereocenters. The van der Waals surface area contributed by atoms with Crippen LogP contribution >= 0.6 is 11.8 Å². The van der Waals surface area contributed by atoms with Gasteiger partial charge in [0.2, 0.25) is 5.91 Å². The summed E-state index contributed by atoms with van der Waals surface area (Å²) in [6.07, 6.45) is 0. The van der Waals surface area contributed by atoms with Gasteiger partial charge in [-0.1, -0.05) is 36.0 Å². The van der Waals surface area contributed by atoms with Gasteiger partial charge in [0.1, 0.15) is 5.82 Å². The number of hydrogen-bond acceptors (Lipinski definition) is 5. The fraction of sp³-hybridized carbons (Fsp3) is 0.238. The van der Waals surface area contributed by atoms with Crippen LogP contribution < -0.4 is 5.32 Å². The lowest BCUT2D eigenvalue weighted by Crippen LogP contribution is -2.23. The van der Waals surface area contributed by atoms with Gasteiger partial charge in [0, 0.05) is 11.1 Å². The lowest BCUT2D eigenvalue weighted by molar-refractivity contribution is -0.115. The Kier molecular flexibility index (Phi) is 4.77. The number of aryl methyl sites for hydroxylation is 2. The molecule has 2 heterocycles. The van der Waals surface area contributed by atoms with Crippen molar-refractivity contribution in [3.63, 3.8) is 0 Å². The molecule has 2 aromatic heterocycles. The number of anilines is 1. The van der Waals surface area contributed by atoms with Crippen LogP contribution in [0.1, 0.15) is 23.9 Å². The summed E-state index contributed by atoms with van der Waals surface area (Å²) in [6.45, 7) is 7.77. The van der Waals surface area contributed by atoms with Crippen molar-refractivity contribution < 1.29 is 4.79 Å². The van der Waals surface area contributed by atoms with Crippen molar-refractivity contribution in [2.75, 3.05) is 5.32 Å². The van der Waals surface area contributed by atoms with E-state index in [-0.39, 0.29) is 11.2 Å². The summed E-state index contributed by atoms with van der Waals surface area (Å²) >= 11 is 1.38. The topological polar surface area (TPSA) is 72.2 Å². The lowest BCUT2D eigenvalue weighted by Gasteiger charge is -2.15. The molecule has 1 atom stereocenters. The van der Waals surface area contributed by atoms with Crippen molar-refractivity contribution >= 4 is 39.9 Å². The molecule has 0 radical (unpaired) electrons. The highest BCUT2D eigenvalue weighted by molar-refractivity contribution is 8.00. The third kappa shape index (κ3) is 3.33. The smallest absolute Gasteiger partial charge is 0.237 e. The van der Waals surface area contributed by atoms with Crippen molar-refractivity contribution in [3.05, 3.63) is 59.4 Å². The monoisotopic (exact) mass is 391 g/mol. The van der Waals surface area contributed by atoms with Gasteiger partial charge in [0.15, 0.2) is 10.8 Å². The molecule has 0 spiro atoms. The SMILES string of the molecule is Cc1nc2c3ccccc3nc(SC(C)C(=O)Nc3cccc(C)c3C)n2n1. The fourth-order valence-electron chi connectivity index (χ4n) is 3.04. The molecule has 0 saturated heterocycles. The maximum Gasteiger partial charge on any atom is 0.237 e. The lowest BCUT2D eigenvalue weighted by atomic mass is 10.1. The van der Waals surface area contributed by atoms with E-state index in [2.05, 4.69) is 15.4 Å². The predicted molar refractivity (Wildman–Crippen MR) is 113 cm³/mol. The number of thioether (sulfide) groups is 1. The van der Waals surface area contributed by atoms with Gasteiger partial charge >= 0.3 is 0 Å². The highest BCUT2D eigenvalue weighted by Crippen LogP contribution is 2.27. The molecule has 0 saturated carbocycles. The van der Waals surface area contributed by atoms with Crippen molar-refractivity contribution in [2.45, 2.75) is 38.1 Å². The number of benzene rings is 2. The number of carbonyl (C=O) groups excluding carboxylic acids is 1. The quantitative estimate of drug-likeness (QED) is 0.414. The molecule has 1 amide bonds. The minimum atomic E-state index is -0.346. The van der Waals surface area contributed by atoms with E-state index < -0.39 is 0 Å². The van der Waals surface area contributed by atoms with Gasteiger partial charge in [0.25, 0.3) is 0 Å². The van der Waals surface area contributed by atoms with Gasteiger partial charge in [-0.25, -0.2) is 9.97 Å². The van der Waals surface area contributed by atoms with Crippen LogP contribution in [0.15, 0.2) is 47.6 Å². The van der Waals surface area contributed by atoms with Crippen LogP contribution in [0.5, 0.6) is 0 Å². The minimum Gasteiger partial charge on any atom is -0.325 e. The Morgan fingerprint density at radius 1 is 1.07 bits per heavy atom. The van der Waals surface area contributed by atoms with E-state index in [1.165, 1.54) is 11.8 Å². The van der Waals surface area contributed by atoms with Gasteiger partial charge in [-0.15, -0.1) is 5.10 Å². The molecule has 7 heteroatoms. The predicted octanol–water partition coefficient (Wildman–Crippen LogP) is 4.32. The molecule has 0 aliphatic heterocycles. The van der Waals surface area contributed by atoms with Crippen LogP contribution in [0, 0.1) is 20.8 Å². The molecule has 0 fully saturated rings. The second-order valence-electron chi connectivity index (χ2n) is 6.80. The summed E-state index contributed by atoms with van der Waals surface area (Å²) in [7, 11) is 0. The minimum absolute atomic E-state index is 0.0707. The number of rotatable bonds is 4. The van der Waals surface area contributed by atoms with Crippen LogP contribution in [-0.2, 0) is 4.79 Å². The Labute approximate surface area is 167 Å². The van der Waals surface area contributed by atoms with Crippen LogP contribution in [0.4, 0.5) is 5.69 Å². The average molecular weight is 392 g/mol. The number of amides is 1. The molecule has 6 nitrogen and oxygen atoms in total. The van der Waals surface area contributed by atoms with Gasteiger partial charge in [-0.3, -0.25) is 4.79 Å². The Morgan fingerprint density at radius 2 is 1.86 bits per heavy atom. The van der Waals surface area contributed by atoms with Crippen LogP contribution in [-0.4, -0.2) is 30.7 Å². The maximum atomic E-state index is 12.8. The molecule has 28 heavy (non-hydrogen) atoms. The van der Waals surface area contributed by atoms with E-state index >= 15 is 0 Å². The van der Waals surface area contributed by atoms with E-state index in [0.717, 1.165) is 33.4 Å². The normalized spacial score (nSPS) is 12.4. The number of hydrogen-bond donors (Lipinski definition) is 1. The number of nitrogens with zero attached hydrogens (tertiary/aromatic N) is 4. The number of fused-ring (bicyclic) bond motifs is 3. The number of carbonyl (C=O) groups is 1. The number of aromatic nitrogens is 4. The Balaban J connectivity index is 1.65. The first-order valence-electron chi connectivity index (χ1n) is 9.10. The van der Waals surface area contributed by atoms with Crippen molar-refractivity contribution in [1.29, 1.82) is 0 Å². The third-order valence-electron chi connectivity index (χ3n) is 4.77. The molecule has 0 aliphatic carbocycles. The highest BCUT2D eigenvalue weighted by Gasteiger charge is 2.20. The van der Waals surface area contributed by atoms with Gasteiger partial charge in [-0.05, 0) is 57.0 Å². The highest BCUT2D eigenvalue weighted by atomic mass is 32.2. The summed E-state index contributed by atoms with van der Waals surface area (Å²) in [5.41, 5.74) is 4.66.